The van der Waals surface area contributed by atoms with Crippen LogP contribution in [0.3, 0.4) is 0 Å². The maximum atomic E-state index is 5.53. The molecule has 0 aliphatic rings. The van der Waals surface area contributed by atoms with Crippen LogP contribution in [0.2, 0.25) is 0 Å². The molecule has 9 heavy (non-hydrogen) atoms. The summed E-state index contributed by atoms with van der Waals surface area (Å²) < 4.78 is 1.71. The fraction of sp³-hybridized carbons (Fsp3) is 0. The average Bonchev–Trinajstić information content (AvgIpc) is 2.35. The Bertz CT molecular complexity index is 321. The second-order valence-electron chi connectivity index (χ2n) is 1.75. The van der Waals surface area contributed by atoms with Crippen molar-refractivity contribution in [2.24, 2.45) is 0 Å². The van der Waals surface area contributed by atoms with Gasteiger partial charge in [0.15, 0.2) is 0 Å². The average molecular weight is 139 g/mol. The highest BCUT2D eigenvalue weighted by atomic mass is 32.1. The lowest BCUT2D eigenvalue weighted by Crippen LogP contribution is -1.90. The Morgan fingerprint density at radius 3 is 3.22 bits per heavy atom. The van der Waals surface area contributed by atoms with E-state index in [-0.39, 0.29) is 0 Å². The van der Waals surface area contributed by atoms with Crippen LogP contribution in [0.4, 0.5) is 5.82 Å². The van der Waals surface area contributed by atoms with Crippen LogP contribution in [0.5, 0.6) is 0 Å². The van der Waals surface area contributed by atoms with E-state index in [2.05, 4.69) is 5.10 Å². The van der Waals surface area contributed by atoms with E-state index >= 15 is 0 Å². The third-order valence-corrected chi connectivity index (χ3v) is 1.94. The molecule has 0 aliphatic carbocycles. The highest BCUT2D eigenvalue weighted by molar-refractivity contribution is 7.15. The molecule has 46 valence electrons. The van der Waals surface area contributed by atoms with Crippen molar-refractivity contribution in [1.82, 2.24) is 9.61 Å². The largest absolute Gasteiger partial charge is 0.384 e. The summed E-state index contributed by atoms with van der Waals surface area (Å²) in [4.78, 5) is 1.09. The molecule has 0 saturated heterocycles. The van der Waals surface area contributed by atoms with Crippen LogP contribution in [-0.4, -0.2) is 9.61 Å². The van der Waals surface area contributed by atoms with E-state index in [9.17, 15) is 0 Å². The molecule has 2 aromatic rings. The van der Waals surface area contributed by atoms with E-state index in [0.29, 0.717) is 5.82 Å². The van der Waals surface area contributed by atoms with Crippen molar-refractivity contribution < 1.29 is 0 Å². The van der Waals surface area contributed by atoms with Crippen LogP contribution >= 0.6 is 11.3 Å². The molecule has 3 nitrogen and oxygen atoms in total. The molecule has 0 fully saturated rings. The highest BCUT2D eigenvalue weighted by Crippen LogP contribution is 2.13. The van der Waals surface area contributed by atoms with E-state index in [1.165, 1.54) is 0 Å². The smallest absolute Gasteiger partial charge is 0.126 e. The minimum Gasteiger partial charge on any atom is -0.384 e. The van der Waals surface area contributed by atoms with Gasteiger partial charge >= 0.3 is 0 Å². The normalized spacial score (nSPS) is 10.7. The SMILES string of the molecule is Nc1ccc2scnn12. The highest BCUT2D eigenvalue weighted by Gasteiger charge is 1.96. The first kappa shape index (κ1) is 4.81. The molecular weight excluding hydrogens is 134 g/mol. The second kappa shape index (κ2) is 1.48. The topological polar surface area (TPSA) is 43.3 Å². The van der Waals surface area contributed by atoms with Crippen molar-refractivity contribution in [2.75, 3.05) is 5.73 Å². The molecule has 2 heterocycles. The van der Waals surface area contributed by atoms with Crippen molar-refractivity contribution in [3.05, 3.63) is 17.6 Å². The molecule has 0 aromatic carbocycles. The molecule has 0 atom stereocenters. The summed E-state index contributed by atoms with van der Waals surface area (Å²) in [6.45, 7) is 0. The molecule has 0 spiro atoms. The molecule has 0 amide bonds. The predicted molar refractivity (Wildman–Crippen MR) is 37.5 cm³/mol. The Hall–Kier alpha value is -1.03. The van der Waals surface area contributed by atoms with E-state index in [0.717, 1.165) is 4.83 Å². The van der Waals surface area contributed by atoms with Crippen LogP contribution in [0.15, 0.2) is 17.6 Å². The second-order valence-corrected chi connectivity index (χ2v) is 2.61. The standard InChI is InChI=1S/C5H5N3S/c6-4-1-2-5-8(4)7-3-9-5/h1-3H,6H2. The Labute approximate surface area is 55.7 Å². The summed E-state index contributed by atoms with van der Waals surface area (Å²) in [5.74, 6) is 0.700. The molecule has 0 unspecified atom stereocenters. The van der Waals surface area contributed by atoms with Gasteiger partial charge in [0.05, 0.1) is 0 Å². The van der Waals surface area contributed by atoms with E-state index in [1.54, 1.807) is 21.4 Å². The number of nitrogen functional groups attached to an aromatic ring is 1. The van der Waals surface area contributed by atoms with Crippen molar-refractivity contribution in [1.29, 1.82) is 0 Å². The summed E-state index contributed by atoms with van der Waals surface area (Å²) in [5.41, 5.74) is 7.30. The van der Waals surface area contributed by atoms with Gasteiger partial charge in [0.25, 0.3) is 0 Å². The van der Waals surface area contributed by atoms with Gasteiger partial charge in [0, 0.05) is 0 Å². The third-order valence-electron chi connectivity index (χ3n) is 1.19. The fourth-order valence-electron chi connectivity index (χ4n) is 0.763. The maximum Gasteiger partial charge on any atom is 0.126 e. The van der Waals surface area contributed by atoms with Crippen molar-refractivity contribution >= 4 is 22.0 Å². The van der Waals surface area contributed by atoms with Crippen LogP contribution < -0.4 is 5.73 Å². The van der Waals surface area contributed by atoms with E-state index in [1.807, 2.05) is 12.1 Å². The molecule has 0 radical (unpaired) electrons. The van der Waals surface area contributed by atoms with Crippen LogP contribution in [0.1, 0.15) is 0 Å². The number of hydrogen-bond acceptors (Lipinski definition) is 3. The quantitative estimate of drug-likeness (QED) is 0.591. The lowest BCUT2D eigenvalue weighted by Gasteiger charge is -1.82. The van der Waals surface area contributed by atoms with Gasteiger partial charge in [-0.3, -0.25) is 0 Å². The minimum absolute atomic E-state index is 0.700. The third kappa shape index (κ3) is 0.533. The van der Waals surface area contributed by atoms with Gasteiger partial charge in [0.2, 0.25) is 0 Å². The number of aromatic nitrogens is 2. The number of nitrogens with two attached hydrogens (primary N) is 1. The van der Waals surface area contributed by atoms with Gasteiger partial charge in [0.1, 0.15) is 16.2 Å². The number of rotatable bonds is 0. The first-order chi connectivity index (χ1) is 4.38. The number of nitrogens with zero attached hydrogens (tertiary/aromatic N) is 2. The molecule has 2 aromatic heterocycles. The van der Waals surface area contributed by atoms with Crippen LogP contribution in [0, 0.1) is 0 Å². The monoisotopic (exact) mass is 139 g/mol. The summed E-state index contributed by atoms with van der Waals surface area (Å²) in [6.07, 6.45) is 0. The maximum absolute atomic E-state index is 5.53. The van der Waals surface area contributed by atoms with Gasteiger partial charge in [-0.05, 0) is 12.1 Å². The zero-order valence-corrected chi connectivity index (χ0v) is 5.43. The zero-order valence-electron chi connectivity index (χ0n) is 4.61. The molecule has 2 N–H and O–H groups in total. The predicted octanol–water partition coefficient (Wildman–Crippen LogP) is 0.978. The Morgan fingerprint density at radius 2 is 2.44 bits per heavy atom. The van der Waals surface area contributed by atoms with Crippen LogP contribution in [0.25, 0.3) is 4.83 Å². The Morgan fingerprint density at radius 1 is 1.56 bits per heavy atom. The van der Waals surface area contributed by atoms with Gasteiger partial charge in [-0.1, -0.05) is 0 Å². The number of hydrogen-bond donors (Lipinski definition) is 1. The van der Waals surface area contributed by atoms with Crippen LogP contribution in [-0.2, 0) is 0 Å². The molecular formula is C5H5N3S. The zero-order chi connectivity index (χ0) is 6.27. The van der Waals surface area contributed by atoms with E-state index in [4.69, 9.17) is 5.73 Å². The first-order valence-electron chi connectivity index (χ1n) is 2.54. The number of anilines is 1. The summed E-state index contributed by atoms with van der Waals surface area (Å²) in [6, 6.07) is 3.80. The lowest BCUT2D eigenvalue weighted by molar-refractivity contribution is 0.988. The minimum atomic E-state index is 0.700. The van der Waals surface area contributed by atoms with Gasteiger partial charge in [-0.2, -0.15) is 5.10 Å². The molecule has 4 heteroatoms. The summed E-state index contributed by atoms with van der Waals surface area (Å²) >= 11 is 1.58. The van der Waals surface area contributed by atoms with Crippen molar-refractivity contribution in [2.45, 2.75) is 0 Å². The Kier molecular flexibility index (Phi) is 0.790. The Balaban J connectivity index is 2.99. The van der Waals surface area contributed by atoms with E-state index < -0.39 is 0 Å². The molecule has 0 saturated carbocycles. The number of fused-ring (bicyclic) bond motifs is 1. The lowest BCUT2D eigenvalue weighted by atomic mass is 10.6. The van der Waals surface area contributed by atoms with Gasteiger partial charge < -0.3 is 5.73 Å². The van der Waals surface area contributed by atoms with Gasteiger partial charge in [-0.25, -0.2) is 4.52 Å². The molecule has 0 aliphatic heterocycles. The first-order valence-corrected chi connectivity index (χ1v) is 3.42. The fourth-order valence-corrected chi connectivity index (χ4v) is 1.41. The van der Waals surface area contributed by atoms with Crippen molar-refractivity contribution in [3.8, 4) is 0 Å². The van der Waals surface area contributed by atoms with Gasteiger partial charge in [-0.15, -0.1) is 11.3 Å². The summed E-state index contributed by atoms with van der Waals surface area (Å²) in [7, 11) is 0. The summed E-state index contributed by atoms with van der Waals surface area (Å²) in [5, 5.41) is 3.99. The van der Waals surface area contributed by atoms with Crippen molar-refractivity contribution in [3.63, 3.8) is 0 Å². The molecule has 2 rings (SSSR count). The molecule has 0 bridgehead atoms.